The van der Waals surface area contributed by atoms with Gasteiger partial charge in [0.15, 0.2) is 0 Å². The number of para-hydroxylation sites is 1. The fourth-order valence-corrected chi connectivity index (χ4v) is 9.76. The first-order valence-corrected chi connectivity index (χ1v) is 21.1. The van der Waals surface area contributed by atoms with Crippen LogP contribution in [0.2, 0.25) is 0 Å². The lowest BCUT2D eigenvalue weighted by Crippen LogP contribution is -2.10. The second-order valence-electron chi connectivity index (χ2n) is 16.1. The molecule has 10 aromatic rings. The highest BCUT2D eigenvalue weighted by molar-refractivity contribution is 6.20. The standard InChI is InChI=1S/C59H40N2/c1-3-12-40(13-4-1)41-24-31-48(32-25-41)60(51-37-30-46-38-56-53-21-9-16-45-17-10-22-54(58(45)53)59(56)55(46)39-51)49-33-26-42(27-34-49)43-28-35-50(36-29-43)61(47-18-5-2-6-19-47)57-23-11-15-44-14-7-8-20-52(44)57/h1-37,39H,38H2. The van der Waals surface area contributed by atoms with E-state index >= 15 is 0 Å². The molecular formula is C59H40N2. The molecule has 0 heterocycles. The van der Waals surface area contributed by atoms with Crippen molar-refractivity contribution in [1.82, 2.24) is 0 Å². The van der Waals surface area contributed by atoms with E-state index in [0.717, 1.165) is 40.5 Å². The monoisotopic (exact) mass is 776 g/mol. The third-order valence-electron chi connectivity index (χ3n) is 12.6. The Labute approximate surface area is 356 Å². The SMILES string of the molecule is c1ccc(-c2ccc(N(c3ccc(-c4ccc(N(c5ccccc5)c5cccc6ccccc56)cc4)cc3)c3ccc4c(c3)C3=C(C4)c4cccc5cccc3c45)cc2)cc1. The van der Waals surface area contributed by atoms with E-state index in [1.165, 1.54) is 77.2 Å². The van der Waals surface area contributed by atoms with E-state index < -0.39 is 0 Å². The fraction of sp³-hybridized carbons (Fsp3) is 0.0169. The average Bonchev–Trinajstić information content (AvgIpc) is 3.86. The van der Waals surface area contributed by atoms with Gasteiger partial charge in [0.1, 0.15) is 0 Å². The van der Waals surface area contributed by atoms with Crippen LogP contribution in [0.15, 0.2) is 231 Å². The van der Waals surface area contributed by atoms with Crippen molar-refractivity contribution in [1.29, 1.82) is 0 Å². The summed E-state index contributed by atoms with van der Waals surface area (Å²) in [5.41, 5.74) is 19.9. The van der Waals surface area contributed by atoms with E-state index in [1.807, 2.05) is 0 Å². The van der Waals surface area contributed by atoms with Crippen LogP contribution < -0.4 is 9.80 Å². The van der Waals surface area contributed by atoms with E-state index in [0.29, 0.717) is 0 Å². The summed E-state index contributed by atoms with van der Waals surface area (Å²) in [6, 6.07) is 84.1. The van der Waals surface area contributed by atoms with Crippen molar-refractivity contribution in [2.45, 2.75) is 6.42 Å². The topological polar surface area (TPSA) is 6.48 Å². The molecule has 286 valence electrons. The van der Waals surface area contributed by atoms with E-state index in [9.17, 15) is 0 Å². The lowest BCUT2D eigenvalue weighted by atomic mass is 9.95. The Morgan fingerprint density at radius 2 is 0.803 bits per heavy atom. The summed E-state index contributed by atoms with van der Waals surface area (Å²) in [6.45, 7) is 0. The molecule has 2 aliphatic carbocycles. The smallest absolute Gasteiger partial charge is 0.0540 e. The largest absolute Gasteiger partial charge is 0.310 e. The second-order valence-corrected chi connectivity index (χ2v) is 16.1. The average molecular weight is 777 g/mol. The molecule has 0 radical (unpaired) electrons. The Morgan fingerprint density at radius 3 is 1.48 bits per heavy atom. The van der Waals surface area contributed by atoms with Gasteiger partial charge in [0.25, 0.3) is 0 Å². The number of fused-ring (bicyclic) bond motifs is 5. The molecule has 0 aliphatic heterocycles. The van der Waals surface area contributed by atoms with Gasteiger partial charge in [-0.25, -0.2) is 0 Å². The number of allylic oxidation sites excluding steroid dienone is 1. The molecule has 2 nitrogen and oxygen atoms in total. The van der Waals surface area contributed by atoms with Gasteiger partial charge in [-0.2, -0.15) is 0 Å². The minimum absolute atomic E-state index is 0.961. The molecule has 2 heteroatoms. The van der Waals surface area contributed by atoms with Crippen molar-refractivity contribution in [3.63, 3.8) is 0 Å². The number of benzene rings is 10. The Bertz CT molecular complexity index is 3280. The Kier molecular flexibility index (Phi) is 8.28. The van der Waals surface area contributed by atoms with E-state index in [-0.39, 0.29) is 0 Å². The normalized spacial score (nSPS) is 12.5. The molecule has 0 amide bonds. The number of rotatable bonds is 8. The molecule has 0 atom stereocenters. The zero-order chi connectivity index (χ0) is 40.3. The van der Waals surface area contributed by atoms with Crippen molar-refractivity contribution >= 4 is 66.8 Å². The van der Waals surface area contributed by atoms with Gasteiger partial charge in [-0.05, 0) is 145 Å². The molecule has 0 aromatic heterocycles. The van der Waals surface area contributed by atoms with Gasteiger partial charge in [-0.3, -0.25) is 0 Å². The molecule has 0 bridgehead atoms. The first kappa shape index (κ1) is 35.0. The summed E-state index contributed by atoms with van der Waals surface area (Å²) in [5.74, 6) is 0. The molecule has 12 rings (SSSR count). The van der Waals surface area contributed by atoms with Crippen LogP contribution in [0.3, 0.4) is 0 Å². The van der Waals surface area contributed by atoms with Gasteiger partial charge in [0, 0.05) is 33.8 Å². The van der Waals surface area contributed by atoms with Gasteiger partial charge < -0.3 is 9.80 Å². The van der Waals surface area contributed by atoms with Crippen molar-refractivity contribution in [3.8, 4) is 22.3 Å². The zero-order valence-electron chi connectivity index (χ0n) is 33.5. The number of hydrogen-bond acceptors (Lipinski definition) is 2. The van der Waals surface area contributed by atoms with Crippen LogP contribution in [0.4, 0.5) is 34.1 Å². The van der Waals surface area contributed by atoms with Gasteiger partial charge in [-0.1, -0.05) is 164 Å². The highest BCUT2D eigenvalue weighted by Crippen LogP contribution is 2.52. The van der Waals surface area contributed by atoms with Crippen molar-refractivity contribution in [2.75, 3.05) is 9.80 Å². The van der Waals surface area contributed by atoms with Crippen molar-refractivity contribution < 1.29 is 0 Å². The fourth-order valence-electron chi connectivity index (χ4n) is 9.76. The van der Waals surface area contributed by atoms with Crippen LogP contribution >= 0.6 is 0 Å². The molecule has 0 saturated carbocycles. The lowest BCUT2D eigenvalue weighted by molar-refractivity contribution is 1.26. The maximum atomic E-state index is 2.43. The summed E-state index contributed by atoms with van der Waals surface area (Å²) in [4.78, 5) is 4.77. The Morgan fingerprint density at radius 1 is 0.311 bits per heavy atom. The summed E-state index contributed by atoms with van der Waals surface area (Å²) < 4.78 is 0. The predicted octanol–water partition coefficient (Wildman–Crippen LogP) is 16.1. The summed E-state index contributed by atoms with van der Waals surface area (Å²) in [7, 11) is 0. The summed E-state index contributed by atoms with van der Waals surface area (Å²) in [6.07, 6.45) is 0.961. The molecule has 2 aliphatic rings. The summed E-state index contributed by atoms with van der Waals surface area (Å²) >= 11 is 0. The molecular weight excluding hydrogens is 737 g/mol. The van der Waals surface area contributed by atoms with Crippen molar-refractivity contribution in [3.05, 3.63) is 253 Å². The Hall–Kier alpha value is -7.94. The molecule has 0 fully saturated rings. The quantitative estimate of drug-likeness (QED) is 0.152. The highest BCUT2D eigenvalue weighted by Gasteiger charge is 2.32. The number of nitrogens with zero attached hydrogens (tertiary/aromatic N) is 2. The van der Waals surface area contributed by atoms with Gasteiger partial charge in [0.2, 0.25) is 0 Å². The molecule has 0 saturated heterocycles. The van der Waals surface area contributed by atoms with E-state index in [4.69, 9.17) is 0 Å². The maximum absolute atomic E-state index is 2.43. The van der Waals surface area contributed by atoms with Crippen molar-refractivity contribution in [2.24, 2.45) is 0 Å². The van der Waals surface area contributed by atoms with E-state index in [2.05, 4.69) is 240 Å². The third kappa shape index (κ3) is 5.95. The lowest BCUT2D eigenvalue weighted by Gasteiger charge is -2.27. The molecule has 0 spiro atoms. The predicted molar refractivity (Wildman–Crippen MR) is 258 cm³/mol. The molecule has 0 N–H and O–H groups in total. The maximum Gasteiger partial charge on any atom is 0.0540 e. The van der Waals surface area contributed by atoms with Crippen LogP contribution in [0.5, 0.6) is 0 Å². The van der Waals surface area contributed by atoms with Gasteiger partial charge in [-0.15, -0.1) is 0 Å². The summed E-state index contributed by atoms with van der Waals surface area (Å²) in [5, 5.41) is 5.15. The number of hydrogen-bond donors (Lipinski definition) is 0. The first-order valence-electron chi connectivity index (χ1n) is 21.1. The van der Waals surface area contributed by atoms with E-state index in [1.54, 1.807) is 0 Å². The number of anilines is 6. The van der Waals surface area contributed by atoms with Crippen LogP contribution in [-0.2, 0) is 6.42 Å². The van der Waals surface area contributed by atoms with Crippen LogP contribution in [0.1, 0.15) is 22.3 Å². The third-order valence-corrected chi connectivity index (χ3v) is 12.6. The molecule has 0 unspecified atom stereocenters. The van der Waals surface area contributed by atoms with Gasteiger partial charge >= 0.3 is 0 Å². The highest BCUT2D eigenvalue weighted by atomic mass is 15.1. The first-order chi connectivity index (χ1) is 30.2. The van der Waals surface area contributed by atoms with Crippen LogP contribution in [-0.4, -0.2) is 0 Å². The molecule has 10 aromatic carbocycles. The minimum Gasteiger partial charge on any atom is -0.310 e. The van der Waals surface area contributed by atoms with Crippen LogP contribution in [0, 0.1) is 0 Å². The van der Waals surface area contributed by atoms with Crippen LogP contribution in [0.25, 0.3) is 54.9 Å². The minimum atomic E-state index is 0.961. The Balaban J connectivity index is 0.915. The second kappa shape index (κ2) is 14.4. The molecule has 61 heavy (non-hydrogen) atoms. The zero-order valence-corrected chi connectivity index (χ0v) is 33.5. The van der Waals surface area contributed by atoms with Gasteiger partial charge in [0.05, 0.1) is 5.69 Å².